The van der Waals surface area contributed by atoms with Crippen molar-refractivity contribution in [3.8, 4) is 0 Å². The molecule has 0 atom stereocenters. The zero-order valence-corrected chi connectivity index (χ0v) is 10.3. The van der Waals surface area contributed by atoms with E-state index in [1.54, 1.807) is 6.07 Å². The van der Waals surface area contributed by atoms with Gasteiger partial charge in [0.25, 0.3) is 0 Å². The maximum absolute atomic E-state index is 13.1. The number of aliphatic hydroxyl groups excluding tert-OH is 1. The minimum atomic E-state index is -0.177. The molecule has 0 radical (unpaired) electrons. The first-order chi connectivity index (χ1) is 8.15. The molecule has 1 aromatic carbocycles. The fraction of sp³-hybridized carbons (Fsp3) is 0.571. The minimum absolute atomic E-state index is 0.177. The van der Waals surface area contributed by atoms with Gasteiger partial charge < -0.3 is 10.4 Å². The molecule has 0 heterocycles. The molecular formula is C14H20FNO. The number of rotatable bonds is 6. The molecule has 2 N–H and O–H groups in total. The molecule has 1 aromatic rings. The molecule has 94 valence electrons. The Kier molecular flexibility index (Phi) is 3.79. The highest BCUT2D eigenvalue weighted by Gasteiger charge is 2.41. The third-order valence-electron chi connectivity index (χ3n) is 3.73. The summed E-state index contributed by atoms with van der Waals surface area (Å²) >= 11 is 0. The Hall–Kier alpha value is -0.930. The molecule has 0 amide bonds. The molecule has 0 aromatic heterocycles. The first-order valence-corrected chi connectivity index (χ1v) is 6.22. The highest BCUT2D eigenvalue weighted by Crippen LogP contribution is 2.47. The quantitative estimate of drug-likeness (QED) is 0.796. The third-order valence-corrected chi connectivity index (χ3v) is 3.73. The molecular weight excluding hydrogens is 217 g/mol. The van der Waals surface area contributed by atoms with Crippen LogP contribution in [-0.4, -0.2) is 18.3 Å². The van der Waals surface area contributed by atoms with E-state index in [-0.39, 0.29) is 12.4 Å². The summed E-state index contributed by atoms with van der Waals surface area (Å²) in [6.45, 7) is 3.89. The number of nitrogens with one attached hydrogen (secondary N) is 1. The van der Waals surface area contributed by atoms with Crippen LogP contribution in [0.15, 0.2) is 18.2 Å². The number of hydrogen-bond acceptors (Lipinski definition) is 2. The Morgan fingerprint density at radius 2 is 2.18 bits per heavy atom. The second kappa shape index (κ2) is 5.15. The molecule has 3 heteroatoms. The van der Waals surface area contributed by atoms with Gasteiger partial charge in [0.2, 0.25) is 0 Å². The smallest absolute Gasteiger partial charge is 0.123 e. The third kappa shape index (κ3) is 3.27. The second-order valence-corrected chi connectivity index (χ2v) is 5.15. The van der Waals surface area contributed by atoms with Gasteiger partial charge in [-0.05, 0) is 54.9 Å². The maximum Gasteiger partial charge on any atom is 0.123 e. The number of aliphatic hydroxyl groups is 1. The Bertz CT molecular complexity index is 388. The average Bonchev–Trinajstić information content (AvgIpc) is 3.04. The van der Waals surface area contributed by atoms with E-state index < -0.39 is 0 Å². The van der Waals surface area contributed by atoms with Gasteiger partial charge in [-0.15, -0.1) is 0 Å². The van der Waals surface area contributed by atoms with Crippen molar-refractivity contribution in [2.24, 2.45) is 5.41 Å². The summed E-state index contributed by atoms with van der Waals surface area (Å²) in [5.41, 5.74) is 2.45. The van der Waals surface area contributed by atoms with E-state index in [0.717, 1.165) is 24.1 Å². The van der Waals surface area contributed by atoms with Crippen LogP contribution in [0.4, 0.5) is 4.39 Å². The molecule has 2 rings (SSSR count). The fourth-order valence-electron chi connectivity index (χ4n) is 2.22. The first kappa shape index (κ1) is 12.5. The van der Waals surface area contributed by atoms with Crippen LogP contribution in [-0.2, 0) is 6.54 Å². The maximum atomic E-state index is 13.1. The van der Waals surface area contributed by atoms with E-state index in [4.69, 9.17) is 5.11 Å². The van der Waals surface area contributed by atoms with Crippen molar-refractivity contribution in [3.63, 3.8) is 0 Å². The monoisotopic (exact) mass is 237 g/mol. The van der Waals surface area contributed by atoms with Gasteiger partial charge in [0.1, 0.15) is 5.82 Å². The summed E-state index contributed by atoms with van der Waals surface area (Å²) < 4.78 is 13.1. The number of halogens is 1. The number of hydrogen-bond donors (Lipinski definition) is 2. The van der Waals surface area contributed by atoms with E-state index in [2.05, 4.69) is 5.32 Å². The second-order valence-electron chi connectivity index (χ2n) is 5.15. The molecule has 1 aliphatic carbocycles. The topological polar surface area (TPSA) is 32.3 Å². The summed E-state index contributed by atoms with van der Waals surface area (Å²) in [7, 11) is 0. The molecule has 1 fully saturated rings. The Morgan fingerprint density at radius 3 is 2.82 bits per heavy atom. The molecule has 1 aliphatic rings. The van der Waals surface area contributed by atoms with E-state index >= 15 is 0 Å². The lowest BCUT2D eigenvalue weighted by molar-refractivity contribution is 0.245. The Labute approximate surface area is 102 Å². The van der Waals surface area contributed by atoms with Crippen LogP contribution in [0.3, 0.4) is 0 Å². The highest BCUT2D eigenvalue weighted by atomic mass is 19.1. The van der Waals surface area contributed by atoms with Crippen LogP contribution in [0, 0.1) is 18.2 Å². The molecule has 17 heavy (non-hydrogen) atoms. The van der Waals surface area contributed by atoms with Crippen LogP contribution in [0.5, 0.6) is 0 Å². The van der Waals surface area contributed by atoms with Crippen molar-refractivity contribution in [1.82, 2.24) is 5.32 Å². The standard InChI is InChI=1S/C14H20FNO/c1-11-2-3-13(15)8-12(11)9-16-10-14(4-5-14)6-7-17/h2-3,8,16-17H,4-7,9-10H2,1H3. The van der Waals surface area contributed by atoms with Crippen molar-refractivity contribution in [1.29, 1.82) is 0 Å². The normalized spacial score (nSPS) is 17.1. The Morgan fingerprint density at radius 1 is 1.41 bits per heavy atom. The predicted octanol–water partition coefficient (Wildman–Crippen LogP) is 2.39. The molecule has 0 spiro atoms. The van der Waals surface area contributed by atoms with Gasteiger partial charge in [0.15, 0.2) is 0 Å². The highest BCUT2D eigenvalue weighted by molar-refractivity contribution is 5.26. The van der Waals surface area contributed by atoms with Gasteiger partial charge in [0, 0.05) is 19.7 Å². The van der Waals surface area contributed by atoms with E-state index in [0.29, 0.717) is 12.0 Å². The molecule has 2 nitrogen and oxygen atoms in total. The largest absolute Gasteiger partial charge is 0.396 e. The molecule has 0 saturated heterocycles. The SMILES string of the molecule is Cc1ccc(F)cc1CNCC1(CCO)CC1. The van der Waals surface area contributed by atoms with Crippen LogP contribution in [0.2, 0.25) is 0 Å². The van der Waals surface area contributed by atoms with Gasteiger partial charge in [-0.3, -0.25) is 0 Å². The van der Waals surface area contributed by atoms with Crippen LogP contribution in [0.25, 0.3) is 0 Å². The first-order valence-electron chi connectivity index (χ1n) is 6.22. The lowest BCUT2D eigenvalue weighted by Gasteiger charge is -2.15. The van der Waals surface area contributed by atoms with Crippen molar-refractivity contribution < 1.29 is 9.50 Å². The van der Waals surface area contributed by atoms with Gasteiger partial charge in [0.05, 0.1) is 0 Å². The van der Waals surface area contributed by atoms with E-state index in [1.807, 2.05) is 13.0 Å². The lowest BCUT2D eigenvalue weighted by atomic mass is 10.0. The van der Waals surface area contributed by atoms with Crippen molar-refractivity contribution in [2.45, 2.75) is 32.7 Å². The van der Waals surface area contributed by atoms with E-state index in [1.165, 1.54) is 18.9 Å². The zero-order valence-electron chi connectivity index (χ0n) is 10.3. The van der Waals surface area contributed by atoms with Crippen LogP contribution >= 0.6 is 0 Å². The van der Waals surface area contributed by atoms with Gasteiger partial charge in [-0.2, -0.15) is 0 Å². The summed E-state index contributed by atoms with van der Waals surface area (Å²) in [6.07, 6.45) is 3.27. The average molecular weight is 237 g/mol. The summed E-state index contributed by atoms with van der Waals surface area (Å²) in [5, 5.41) is 12.3. The predicted molar refractivity (Wildman–Crippen MR) is 66.2 cm³/mol. The molecule has 1 saturated carbocycles. The van der Waals surface area contributed by atoms with Crippen LogP contribution < -0.4 is 5.32 Å². The van der Waals surface area contributed by atoms with Crippen LogP contribution in [0.1, 0.15) is 30.4 Å². The Balaban J connectivity index is 1.84. The minimum Gasteiger partial charge on any atom is -0.396 e. The summed E-state index contributed by atoms with van der Waals surface area (Å²) in [5.74, 6) is -0.177. The molecule has 0 aliphatic heterocycles. The van der Waals surface area contributed by atoms with Crippen molar-refractivity contribution in [2.75, 3.05) is 13.2 Å². The van der Waals surface area contributed by atoms with Crippen molar-refractivity contribution >= 4 is 0 Å². The summed E-state index contributed by atoms with van der Waals surface area (Å²) in [6, 6.07) is 4.90. The van der Waals surface area contributed by atoms with Gasteiger partial charge in [-0.1, -0.05) is 6.07 Å². The molecule has 0 bridgehead atoms. The van der Waals surface area contributed by atoms with E-state index in [9.17, 15) is 4.39 Å². The zero-order chi connectivity index (χ0) is 12.3. The summed E-state index contributed by atoms with van der Waals surface area (Å²) in [4.78, 5) is 0. The number of benzene rings is 1. The fourth-order valence-corrected chi connectivity index (χ4v) is 2.22. The van der Waals surface area contributed by atoms with Crippen molar-refractivity contribution in [3.05, 3.63) is 35.1 Å². The lowest BCUT2D eigenvalue weighted by Crippen LogP contribution is -2.24. The molecule has 0 unspecified atom stereocenters. The number of aryl methyl sites for hydroxylation is 1. The van der Waals surface area contributed by atoms with Gasteiger partial charge in [-0.25, -0.2) is 4.39 Å². The van der Waals surface area contributed by atoms with Gasteiger partial charge >= 0.3 is 0 Å².